The Labute approximate surface area is 151 Å². The molecule has 4 fully saturated rings. The van der Waals surface area contributed by atoms with Crippen molar-refractivity contribution in [1.82, 2.24) is 5.32 Å². The summed E-state index contributed by atoms with van der Waals surface area (Å²) in [6, 6.07) is 10.1. The van der Waals surface area contributed by atoms with Gasteiger partial charge in [0.1, 0.15) is 0 Å². The average Bonchev–Trinajstić information content (AvgIpc) is 2.63. The summed E-state index contributed by atoms with van der Waals surface area (Å²) >= 11 is 0. The molecule has 4 aliphatic carbocycles. The lowest BCUT2D eigenvalue weighted by Gasteiger charge is -2.60. The second-order valence-corrected chi connectivity index (χ2v) is 8.55. The molecule has 0 radical (unpaired) electrons. The zero-order valence-corrected chi connectivity index (χ0v) is 15.5. The normalized spacial score (nSPS) is 37.0. The van der Waals surface area contributed by atoms with Gasteiger partial charge in [-0.1, -0.05) is 37.3 Å². The van der Waals surface area contributed by atoms with Crippen LogP contribution in [0.25, 0.3) is 0 Å². The summed E-state index contributed by atoms with van der Waals surface area (Å²) in [5, 5.41) is 3.29. The van der Waals surface area contributed by atoms with Crippen molar-refractivity contribution in [1.29, 1.82) is 0 Å². The fraction of sp³-hybridized carbons (Fsp3) is 0.682. The van der Waals surface area contributed by atoms with Gasteiger partial charge >= 0.3 is 0 Å². The lowest BCUT2D eigenvalue weighted by atomic mass is 9.49. The van der Waals surface area contributed by atoms with Crippen molar-refractivity contribution in [3.8, 4) is 0 Å². The molecule has 0 saturated heterocycles. The molecular weight excluding hydrogens is 310 g/mol. The Morgan fingerprint density at radius 3 is 2.24 bits per heavy atom. The fourth-order valence-electron chi connectivity index (χ4n) is 6.28. The average molecular weight is 341 g/mol. The van der Waals surface area contributed by atoms with Crippen LogP contribution in [0.5, 0.6) is 0 Å². The van der Waals surface area contributed by atoms with E-state index in [-0.39, 0.29) is 17.4 Å². The van der Waals surface area contributed by atoms with E-state index in [1.54, 1.807) is 0 Å². The first kappa shape index (κ1) is 17.1. The van der Waals surface area contributed by atoms with Crippen LogP contribution in [-0.4, -0.2) is 25.2 Å². The van der Waals surface area contributed by atoms with E-state index in [4.69, 9.17) is 4.74 Å². The third kappa shape index (κ3) is 2.91. The van der Waals surface area contributed by atoms with Crippen LogP contribution in [0.2, 0.25) is 0 Å². The number of carbonyl (C=O) groups excluding carboxylic acids is 1. The summed E-state index contributed by atoms with van der Waals surface area (Å²) in [5.74, 6) is 3.17. The summed E-state index contributed by atoms with van der Waals surface area (Å²) in [4.78, 5) is 12.9. The van der Waals surface area contributed by atoms with Crippen LogP contribution in [0, 0.1) is 23.7 Å². The first-order valence-electron chi connectivity index (χ1n) is 10.0. The van der Waals surface area contributed by atoms with E-state index < -0.39 is 0 Å². The number of methoxy groups -OCH3 is 1. The van der Waals surface area contributed by atoms with Gasteiger partial charge in [0.05, 0.1) is 11.5 Å². The second kappa shape index (κ2) is 6.75. The first-order valence-corrected chi connectivity index (χ1v) is 10.0. The molecule has 1 atom stereocenters. The van der Waals surface area contributed by atoms with Crippen molar-refractivity contribution in [3.63, 3.8) is 0 Å². The van der Waals surface area contributed by atoms with E-state index in [0.717, 1.165) is 23.8 Å². The zero-order valence-electron chi connectivity index (χ0n) is 15.5. The molecule has 136 valence electrons. The van der Waals surface area contributed by atoms with Gasteiger partial charge < -0.3 is 10.1 Å². The Balaban J connectivity index is 1.47. The minimum absolute atomic E-state index is 0.0630. The molecule has 1 aromatic rings. The third-order valence-electron chi connectivity index (χ3n) is 7.37. The zero-order chi connectivity index (χ0) is 17.4. The number of hydrogen-bond donors (Lipinski definition) is 1. The molecule has 0 aliphatic heterocycles. The van der Waals surface area contributed by atoms with Gasteiger partial charge in [0, 0.05) is 13.7 Å². The van der Waals surface area contributed by atoms with E-state index >= 15 is 0 Å². The van der Waals surface area contributed by atoms with E-state index in [1.807, 2.05) is 25.3 Å². The standard InChI is InChI=1S/C22H31NO2/c1-3-20(17-7-5-4-6-8-17)21(24)23-14-22(25-2)18-10-15-9-16(12-18)13-19(22)11-15/h4-8,15-16,18-20H,3,9-14H2,1-2H3,(H,23,24). The number of amides is 1. The lowest BCUT2D eigenvalue weighted by Crippen LogP contribution is -2.63. The van der Waals surface area contributed by atoms with Gasteiger partial charge in [-0.3, -0.25) is 4.79 Å². The van der Waals surface area contributed by atoms with Gasteiger partial charge in [-0.2, -0.15) is 0 Å². The highest BCUT2D eigenvalue weighted by atomic mass is 16.5. The molecule has 4 bridgehead atoms. The van der Waals surface area contributed by atoms with Crippen molar-refractivity contribution in [2.75, 3.05) is 13.7 Å². The number of benzene rings is 1. The highest BCUT2D eigenvalue weighted by molar-refractivity contribution is 5.83. The topological polar surface area (TPSA) is 38.3 Å². The molecule has 3 nitrogen and oxygen atoms in total. The van der Waals surface area contributed by atoms with Gasteiger partial charge in [-0.05, 0) is 67.8 Å². The van der Waals surface area contributed by atoms with Crippen molar-refractivity contribution in [2.45, 2.75) is 57.0 Å². The summed E-state index contributed by atoms with van der Waals surface area (Å²) in [5.41, 5.74) is 0.983. The third-order valence-corrected chi connectivity index (χ3v) is 7.37. The highest BCUT2D eigenvalue weighted by Crippen LogP contribution is 2.59. The number of carbonyl (C=O) groups is 1. The van der Waals surface area contributed by atoms with Crippen molar-refractivity contribution >= 4 is 5.91 Å². The van der Waals surface area contributed by atoms with Crippen molar-refractivity contribution in [3.05, 3.63) is 35.9 Å². The summed E-state index contributed by atoms with van der Waals surface area (Å²) in [6.45, 7) is 2.77. The molecule has 4 saturated carbocycles. The summed E-state index contributed by atoms with van der Waals surface area (Å²) < 4.78 is 6.17. The van der Waals surface area contributed by atoms with Crippen LogP contribution in [-0.2, 0) is 9.53 Å². The fourth-order valence-corrected chi connectivity index (χ4v) is 6.28. The van der Waals surface area contributed by atoms with Crippen molar-refractivity contribution < 1.29 is 9.53 Å². The molecule has 1 aromatic carbocycles. The molecule has 1 unspecified atom stereocenters. The van der Waals surface area contributed by atoms with Gasteiger partial charge in [-0.15, -0.1) is 0 Å². The minimum atomic E-state index is -0.127. The molecule has 0 spiro atoms. The maximum atomic E-state index is 12.9. The number of ether oxygens (including phenoxy) is 1. The predicted molar refractivity (Wildman–Crippen MR) is 99.3 cm³/mol. The molecule has 0 aromatic heterocycles. The molecule has 0 heterocycles. The second-order valence-electron chi connectivity index (χ2n) is 8.55. The summed E-state index contributed by atoms with van der Waals surface area (Å²) in [6.07, 6.45) is 7.45. The molecule has 25 heavy (non-hydrogen) atoms. The van der Waals surface area contributed by atoms with Gasteiger partial charge in [-0.25, -0.2) is 0 Å². The highest BCUT2D eigenvalue weighted by Gasteiger charge is 2.57. The molecule has 1 amide bonds. The van der Waals surface area contributed by atoms with Gasteiger partial charge in [0.15, 0.2) is 0 Å². The maximum absolute atomic E-state index is 12.9. The van der Waals surface area contributed by atoms with Crippen LogP contribution in [0.15, 0.2) is 30.3 Å². The minimum Gasteiger partial charge on any atom is -0.376 e. The maximum Gasteiger partial charge on any atom is 0.227 e. The Morgan fingerprint density at radius 2 is 1.72 bits per heavy atom. The summed E-state index contributed by atoms with van der Waals surface area (Å²) in [7, 11) is 1.86. The number of rotatable bonds is 6. The van der Waals surface area contributed by atoms with Crippen LogP contribution in [0.3, 0.4) is 0 Å². The first-order chi connectivity index (χ1) is 12.2. The monoisotopic (exact) mass is 341 g/mol. The van der Waals surface area contributed by atoms with Crippen molar-refractivity contribution in [2.24, 2.45) is 23.7 Å². The smallest absolute Gasteiger partial charge is 0.227 e. The van der Waals surface area contributed by atoms with Crippen LogP contribution < -0.4 is 5.32 Å². The van der Waals surface area contributed by atoms with E-state index in [9.17, 15) is 4.79 Å². The largest absolute Gasteiger partial charge is 0.376 e. The Kier molecular flexibility index (Phi) is 4.61. The van der Waals surface area contributed by atoms with Crippen LogP contribution in [0.1, 0.15) is 56.9 Å². The Hall–Kier alpha value is -1.35. The van der Waals surface area contributed by atoms with E-state index in [1.165, 1.54) is 32.1 Å². The van der Waals surface area contributed by atoms with E-state index in [2.05, 4.69) is 24.4 Å². The quantitative estimate of drug-likeness (QED) is 0.844. The van der Waals surface area contributed by atoms with Gasteiger partial charge in [0.25, 0.3) is 0 Å². The van der Waals surface area contributed by atoms with Crippen LogP contribution >= 0.6 is 0 Å². The lowest BCUT2D eigenvalue weighted by molar-refractivity contribution is -0.188. The molecule has 5 rings (SSSR count). The SMILES string of the molecule is CCC(C(=O)NCC1(OC)C2CC3CC(C2)CC1C3)c1ccccc1. The van der Waals surface area contributed by atoms with E-state index in [0.29, 0.717) is 18.4 Å². The molecule has 1 N–H and O–H groups in total. The van der Waals surface area contributed by atoms with Crippen LogP contribution in [0.4, 0.5) is 0 Å². The molecular formula is C22H31NO2. The number of hydrogen-bond acceptors (Lipinski definition) is 2. The Morgan fingerprint density at radius 1 is 1.12 bits per heavy atom. The van der Waals surface area contributed by atoms with Gasteiger partial charge in [0.2, 0.25) is 5.91 Å². The number of nitrogens with one attached hydrogen (secondary N) is 1. The predicted octanol–water partition coefficient (Wildman–Crippen LogP) is 4.14. The molecule has 4 aliphatic rings. The molecule has 3 heteroatoms. The Bertz CT molecular complexity index is 584.